The van der Waals surface area contributed by atoms with Gasteiger partial charge in [0, 0.05) is 6.21 Å². The SMILES string of the molecule is NS(=O)(=O)c1cccc(C2(C(F)(F)F)C=N2)c1. The number of benzene rings is 1. The first-order valence-corrected chi connectivity index (χ1v) is 5.98. The van der Waals surface area contributed by atoms with Crippen molar-refractivity contribution in [3.8, 4) is 0 Å². The molecule has 2 rings (SSSR count). The summed E-state index contributed by atoms with van der Waals surface area (Å²) in [6, 6.07) is 4.38. The van der Waals surface area contributed by atoms with Crippen molar-refractivity contribution in [2.75, 3.05) is 0 Å². The van der Waals surface area contributed by atoms with Crippen LogP contribution in [0.2, 0.25) is 0 Å². The summed E-state index contributed by atoms with van der Waals surface area (Å²) in [6.07, 6.45) is -3.85. The van der Waals surface area contributed by atoms with Gasteiger partial charge in [0.1, 0.15) is 0 Å². The van der Waals surface area contributed by atoms with Crippen LogP contribution in [0.5, 0.6) is 0 Å². The van der Waals surface area contributed by atoms with Crippen LogP contribution >= 0.6 is 0 Å². The predicted octanol–water partition coefficient (Wildman–Crippen LogP) is 1.18. The Morgan fingerprint density at radius 2 is 1.88 bits per heavy atom. The van der Waals surface area contributed by atoms with E-state index in [1.54, 1.807) is 0 Å². The summed E-state index contributed by atoms with van der Waals surface area (Å²) in [5.74, 6) is 0. The van der Waals surface area contributed by atoms with E-state index in [2.05, 4.69) is 4.99 Å². The van der Waals surface area contributed by atoms with E-state index in [-0.39, 0.29) is 10.5 Å². The molecule has 92 valence electrons. The molecule has 1 aliphatic rings. The van der Waals surface area contributed by atoms with Crippen LogP contribution < -0.4 is 5.14 Å². The van der Waals surface area contributed by atoms with Gasteiger partial charge in [0.2, 0.25) is 15.6 Å². The fourth-order valence-corrected chi connectivity index (χ4v) is 1.99. The molecule has 0 saturated carbocycles. The molecule has 0 fully saturated rings. The summed E-state index contributed by atoms with van der Waals surface area (Å²) in [7, 11) is -4.03. The quantitative estimate of drug-likeness (QED) is 0.871. The minimum Gasteiger partial charge on any atom is -0.267 e. The molecular formula is C9H7F3N2O2S. The van der Waals surface area contributed by atoms with Gasteiger partial charge >= 0.3 is 6.18 Å². The summed E-state index contributed by atoms with van der Waals surface area (Å²) in [5, 5.41) is 4.85. The van der Waals surface area contributed by atoms with Crippen LogP contribution in [0.25, 0.3) is 0 Å². The molecule has 1 atom stereocenters. The van der Waals surface area contributed by atoms with Crippen LogP contribution in [0.3, 0.4) is 0 Å². The Labute approximate surface area is 95.0 Å². The molecule has 2 N–H and O–H groups in total. The lowest BCUT2D eigenvalue weighted by molar-refractivity contribution is -0.156. The Balaban J connectivity index is 2.50. The highest BCUT2D eigenvalue weighted by atomic mass is 32.2. The van der Waals surface area contributed by atoms with Crippen molar-refractivity contribution < 1.29 is 21.6 Å². The third kappa shape index (κ3) is 1.93. The molecular weight excluding hydrogens is 257 g/mol. The number of sulfonamides is 1. The second-order valence-corrected chi connectivity index (χ2v) is 5.16. The zero-order valence-electron chi connectivity index (χ0n) is 8.27. The highest BCUT2D eigenvalue weighted by Gasteiger charge is 2.61. The molecule has 0 aromatic heterocycles. The molecule has 8 heteroatoms. The first kappa shape index (κ1) is 12.1. The van der Waals surface area contributed by atoms with Gasteiger partial charge in [0.05, 0.1) is 4.90 Å². The van der Waals surface area contributed by atoms with E-state index < -0.39 is 21.7 Å². The standard InChI is InChI=1S/C9H7F3N2O2S/c10-9(11,12)8(5-14-8)6-2-1-3-7(4-6)17(13,15)16/h1-5H,(H2,13,15,16). The Morgan fingerprint density at radius 3 is 2.29 bits per heavy atom. The molecule has 1 heterocycles. The number of halogens is 3. The number of nitrogens with two attached hydrogens (primary N) is 1. The van der Waals surface area contributed by atoms with Gasteiger partial charge in [-0.3, -0.25) is 4.99 Å². The number of alkyl halides is 3. The Morgan fingerprint density at radius 1 is 1.29 bits per heavy atom. The van der Waals surface area contributed by atoms with Gasteiger partial charge < -0.3 is 0 Å². The lowest BCUT2D eigenvalue weighted by atomic mass is 9.97. The Hall–Kier alpha value is -1.41. The second kappa shape index (κ2) is 3.30. The number of primary sulfonamides is 1. The summed E-state index contributed by atoms with van der Waals surface area (Å²) >= 11 is 0. The molecule has 1 aliphatic heterocycles. The summed E-state index contributed by atoms with van der Waals surface area (Å²) in [4.78, 5) is 2.85. The van der Waals surface area contributed by atoms with Crippen LogP contribution in [-0.4, -0.2) is 20.8 Å². The maximum Gasteiger partial charge on any atom is 0.422 e. The van der Waals surface area contributed by atoms with Gasteiger partial charge in [0.25, 0.3) is 0 Å². The number of aliphatic imine (C=N–C) groups is 1. The zero-order chi connectivity index (χ0) is 12.9. The third-order valence-electron chi connectivity index (χ3n) is 2.42. The predicted molar refractivity (Wildman–Crippen MR) is 54.0 cm³/mol. The topological polar surface area (TPSA) is 72.5 Å². The smallest absolute Gasteiger partial charge is 0.267 e. The van der Waals surface area contributed by atoms with E-state index in [1.807, 2.05) is 0 Å². The molecule has 4 nitrogen and oxygen atoms in total. The highest BCUT2D eigenvalue weighted by Crippen LogP contribution is 2.48. The zero-order valence-corrected chi connectivity index (χ0v) is 9.09. The van der Waals surface area contributed by atoms with Crippen LogP contribution in [-0.2, 0) is 15.6 Å². The van der Waals surface area contributed by atoms with Gasteiger partial charge in [-0.05, 0) is 17.7 Å². The number of hydrogen-bond acceptors (Lipinski definition) is 3. The Bertz CT molecular complexity index is 587. The fraction of sp³-hybridized carbons (Fsp3) is 0.222. The van der Waals surface area contributed by atoms with Crippen molar-refractivity contribution in [3.63, 3.8) is 0 Å². The average Bonchev–Trinajstić information content (AvgIpc) is 2.96. The fourth-order valence-electron chi connectivity index (χ4n) is 1.43. The van der Waals surface area contributed by atoms with Crippen LogP contribution in [0, 0.1) is 0 Å². The minimum atomic E-state index is -4.58. The van der Waals surface area contributed by atoms with Gasteiger partial charge in [0.15, 0.2) is 0 Å². The van der Waals surface area contributed by atoms with E-state index in [4.69, 9.17) is 5.14 Å². The summed E-state index contributed by atoms with van der Waals surface area (Å²) in [5.41, 5.74) is -2.63. The molecule has 0 radical (unpaired) electrons. The second-order valence-electron chi connectivity index (χ2n) is 3.60. The van der Waals surface area contributed by atoms with Crippen molar-refractivity contribution in [1.29, 1.82) is 0 Å². The van der Waals surface area contributed by atoms with Crippen molar-refractivity contribution >= 4 is 16.2 Å². The Kier molecular flexibility index (Phi) is 2.34. The van der Waals surface area contributed by atoms with Gasteiger partial charge in [-0.25, -0.2) is 13.6 Å². The number of hydrogen-bond donors (Lipinski definition) is 1. The summed E-state index contributed by atoms with van der Waals surface area (Å²) < 4.78 is 60.2. The first-order chi connectivity index (χ1) is 7.67. The van der Waals surface area contributed by atoms with Crippen molar-refractivity contribution in [2.45, 2.75) is 16.6 Å². The monoisotopic (exact) mass is 264 g/mol. The van der Waals surface area contributed by atoms with E-state index >= 15 is 0 Å². The molecule has 0 amide bonds. The van der Waals surface area contributed by atoms with Crippen LogP contribution in [0.15, 0.2) is 34.2 Å². The van der Waals surface area contributed by atoms with Gasteiger partial charge in [-0.2, -0.15) is 13.2 Å². The van der Waals surface area contributed by atoms with E-state index in [0.29, 0.717) is 0 Å². The molecule has 0 spiro atoms. The van der Waals surface area contributed by atoms with Crippen molar-refractivity contribution in [3.05, 3.63) is 29.8 Å². The third-order valence-corrected chi connectivity index (χ3v) is 3.33. The lowest BCUT2D eigenvalue weighted by Gasteiger charge is -2.18. The van der Waals surface area contributed by atoms with Crippen LogP contribution in [0.1, 0.15) is 5.56 Å². The minimum absolute atomic E-state index is 0.253. The maximum absolute atomic E-state index is 12.7. The first-order valence-electron chi connectivity index (χ1n) is 4.43. The molecule has 1 aromatic rings. The molecule has 0 saturated heterocycles. The molecule has 1 aromatic carbocycles. The molecule has 0 bridgehead atoms. The van der Waals surface area contributed by atoms with E-state index in [0.717, 1.165) is 24.4 Å². The number of nitrogens with zero attached hydrogens (tertiary/aromatic N) is 1. The lowest BCUT2D eigenvalue weighted by Crippen LogP contribution is -2.32. The van der Waals surface area contributed by atoms with Gasteiger partial charge in [-0.1, -0.05) is 12.1 Å². The summed E-state index contributed by atoms with van der Waals surface area (Å²) in [6.45, 7) is 0. The normalized spacial score (nSPS) is 23.8. The van der Waals surface area contributed by atoms with E-state index in [9.17, 15) is 21.6 Å². The molecule has 0 aliphatic carbocycles. The number of rotatable bonds is 2. The van der Waals surface area contributed by atoms with Gasteiger partial charge in [-0.15, -0.1) is 0 Å². The maximum atomic E-state index is 12.7. The van der Waals surface area contributed by atoms with E-state index in [1.165, 1.54) is 6.07 Å². The van der Waals surface area contributed by atoms with Crippen molar-refractivity contribution in [1.82, 2.24) is 0 Å². The molecule has 1 unspecified atom stereocenters. The molecule has 17 heavy (non-hydrogen) atoms. The van der Waals surface area contributed by atoms with Crippen LogP contribution in [0.4, 0.5) is 13.2 Å². The average molecular weight is 264 g/mol. The largest absolute Gasteiger partial charge is 0.422 e. The van der Waals surface area contributed by atoms with Crippen molar-refractivity contribution in [2.24, 2.45) is 10.1 Å². The highest BCUT2D eigenvalue weighted by molar-refractivity contribution is 7.89.